The van der Waals surface area contributed by atoms with Crippen molar-refractivity contribution in [2.45, 2.75) is 18.9 Å². The van der Waals surface area contributed by atoms with Gasteiger partial charge in [-0.15, -0.1) is 0 Å². The molecule has 2 rings (SSSR count). The van der Waals surface area contributed by atoms with Crippen LogP contribution in [0.2, 0.25) is 0 Å². The Morgan fingerprint density at radius 3 is 2.58 bits per heavy atom. The standard InChI is InChI=1S/C13H20N2O3S/c1-19(17,18)15-12-6-4-10(5-7-12)13(16)11-3-2-8-14-9-11/h4-7,11,13-16H,2-3,8-9H2,1H3. The van der Waals surface area contributed by atoms with Gasteiger partial charge in [0.1, 0.15) is 0 Å². The van der Waals surface area contributed by atoms with E-state index in [1.165, 1.54) is 0 Å². The number of sulfonamides is 1. The number of rotatable bonds is 4. The average molecular weight is 284 g/mol. The Morgan fingerprint density at radius 2 is 2.05 bits per heavy atom. The summed E-state index contributed by atoms with van der Waals surface area (Å²) < 4.78 is 24.6. The van der Waals surface area contributed by atoms with Crippen LogP contribution in [0.3, 0.4) is 0 Å². The monoisotopic (exact) mass is 284 g/mol. The maximum atomic E-state index is 11.1. The van der Waals surface area contributed by atoms with Gasteiger partial charge in [-0.2, -0.15) is 0 Å². The Kier molecular flexibility index (Phi) is 4.44. The van der Waals surface area contributed by atoms with E-state index in [0.717, 1.165) is 37.8 Å². The molecule has 106 valence electrons. The highest BCUT2D eigenvalue weighted by molar-refractivity contribution is 7.92. The molecule has 0 bridgehead atoms. The first-order valence-corrected chi connectivity index (χ1v) is 8.31. The van der Waals surface area contributed by atoms with Crippen molar-refractivity contribution in [1.82, 2.24) is 5.32 Å². The van der Waals surface area contributed by atoms with E-state index in [-0.39, 0.29) is 5.92 Å². The molecule has 1 fully saturated rings. The van der Waals surface area contributed by atoms with Crippen molar-refractivity contribution in [3.63, 3.8) is 0 Å². The molecule has 1 heterocycles. The molecule has 5 nitrogen and oxygen atoms in total. The van der Waals surface area contributed by atoms with E-state index in [2.05, 4.69) is 10.0 Å². The van der Waals surface area contributed by atoms with E-state index in [1.54, 1.807) is 24.3 Å². The fourth-order valence-electron chi connectivity index (χ4n) is 2.38. The number of anilines is 1. The lowest BCUT2D eigenvalue weighted by molar-refractivity contribution is 0.0922. The third kappa shape index (κ3) is 4.19. The zero-order chi connectivity index (χ0) is 13.9. The third-order valence-electron chi connectivity index (χ3n) is 3.34. The lowest BCUT2D eigenvalue weighted by atomic mass is 9.89. The molecule has 19 heavy (non-hydrogen) atoms. The van der Waals surface area contributed by atoms with Gasteiger partial charge in [0.05, 0.1) is 12.4 Å². The Morgan fingerprint density at radius 1 is 1.37 bits per heavy atom. The quantitative estimate of drug-likeness (QED) is 0.773. The number of nitrogens with one attached hydrogen (secondary N) is 2. The van der Waals surface area contributed by atoms with Crippen molar-refractivity contribution >= 4 is 15.7 Å². The minimum Gasteiger partial charge on any atom is -0.388 e. The van der Waals surface area contributed by atoms with Gasteiger partial charge in [-0.3, -0.25) is 4.72 Å². The Labute approximate surface area is 114 Å². The largest absolute Gasteiger partial charge is 0.388 e. The molecule has 1 aromatic carbocycles. The highest BCUT2D eigenvalue weighted by Crippen LogP contribution is 2.27. The SMILES string of the molecule is CS(=O)(=O)Nc1ccc(C(O)C2CCCNC2)cc1. The number of hydrogen-bond donors (Lipinski definition) is 3. The van der Waals surface area contributed by atoms with Gasteiger partial charge in [0.15, 0.2) is 0 Å². The van der Waals surface area contributed by atoms with E-state index >= 15 is 0 Å². The summed E-state index contributed by atoms with van der Waals surface area (Å²) in [5.74, 6) is 0.225. The normalized spacial score (nSPS) is 21.9. The van der Waals surface area contributed by atoms with Crippen LogP contribution in [0.5, 0.6) is 0 Å². The second-order valence-corrected chi connectivity index (χ2v) is 6.80. The highest BCUT2D eigenvalue weighted by Gasteiger charge is 2.22. The van der Waals surface area contributed by atoms with Crippen LogP contribution in [0, 0.1) is 5.92 Å². The molecule has 3 N–H and O–H groups in total. The molecule has 0 spiro atoms. The van der Waals surface area contributed by atoms with E-state index in [9.17, 15) is 13.5 Å². The van der Waals surface area contributed by atoms with Gasteiger partial charge >= 0.3 is 0 Å². The van der Waals surface area contributed by atoms with Gasteiger partial charge in [-0.25, -0.2) is 8.42 Å². The van der Waals surface area contributed by atoms with Gasteiger partial charge < -0.3 is 10.4 Å². The minimum atomic E-state index is -3.25. The summed E-state index contributed by atoms with van der Waals surface area (Å²) in [5.41, 5.74) is 1.34. The Bertz CT molecular complexity index is 507. The molecular formula is C13H20N2O3S. The lowest BCUT2D eigenvalue weighted by Gasteiger charge is -2.27. The topological polar surface area (TPSA) is 78.4 Å². The van der Waals surface area contributed by atoms with E-state index in [4.69, 9.17) is 0 Å². The molecule has 2 unspecified atom stereocenters. The van der Waals surface area contributed by atoms with Crippen LogP contribution in [0.4, 0.5) is 5.69 Å². The summed E-state index contributed by atoms with van der Waals surface area (Å²) >= 11 is 0. The van der Waals surface area contributed by atoms with Crippen LogP contribution in [0.15, 0.2) is 24.3 Å². The summed E-state index contributed by atoms with van der Waals surface area (Å²) in [6, 6.07) is 6.89. The molecule has 1 aliphatic heterocycles. The molecule has 1 aliphatic rings. The first kappa shape index (κ1) is 14.3. The zero-order valence-electron chi connectivity index (χ0n) is 11.0. The van der Waals surface area contributed by atoms with E-state index < -0.39 is 16.1 Å². The first-order chi connectivity index (χ1) is 8.96. The number of aliphatic hydroxyl groups excluding tert-OH is 1. The summed E-state index contributed by atoms with van der Waals surface area (Å²) in [7, 11) is -3.25. The molecule has 1 aromatic rings. The van der Waals surface area contributed by atoms with Crippen molar-refractivity contribution in [2.75, 3.05) is 24.1 Å². The van der Waals surface area contributed by atoms with Crippen LogP contribution in [-0.4, -0.2) is 32.9 Å². The van der Waals surface area contributed by atoms with Crippen LogP contribution in [0.25, 0.3) is 0 Å². The zero-order valence-corrected chi connectivity index (χ0v) is 11.8. The summed E-state index contributed by atoms with van der Waals surface area (Å²) in [6.07, 6.45) is 2.70. The third-order valence-corrected chi connectivity index (χ3v) is 3.94. The van der Waals surface area contributed by atoms with Crippen molar-refractivity contribution in [3.8, 4) is 0 Å². The molecule has 2 atom stereocenters. The van der Waals surface area contributed by atoms with Crippen LogP contribution in [0.1, 0.15) is 24.5 Å². The van der Waals surface area contributed by atoms with Crippen molar-refractivity contribution in [3.05, 3.63) is 29.8 Å². The van der Waals surface area contributed by atoms with Crippen molar-refractivity contribution in [1.29, 1.82) is 0 Å². The smallest absolute Gasteiger partial charge is 0.229 e. The minimum absolute atomic E-state index is 0.225. The van der Waals surface area contributed by atoms with Gasteiger partial charge in [0, 0.05) is 18.2 Å². The van der Waals surface area contributed by atoms with Crippen molar-refractivity contribution in [2.24, 2.45) is 5.92 Å². The predicted octanol–water partition coefficient (Wildman–Crippen LogP) is 1.09. The molecule has 0 radical (unpaired) electrons. The van der Waals surface area contributed by atoms with Gasteiger partial charge in [-0.05, 0) is 37.1 Å². The highest BCUT2D eigenvalue weighted by atomic mass is 32.2. The summed E-state index contributed by atoms with van der Waals surface area (Å²) in [6.45, 7) is 1.84. The predicted molar refractivity (Wildman–Crippen MR) is 75.5 cm³/mol. The van der Waals surface area contributed by atoms with Gasteiger partial charge in [-0.1, -0.05) is 12.1 Å². The van der Waals surface area contributed by atoms with Crippen molar-refractivity contribution < 1.29 is 13.5 Å². The van der Waals surface area contributed by atoms with E-state index in [0.29, 0.717) is 5.69 Å². The Hall–Kier alpha value is -1.11. The molecule has 0 saturated carbocycles. The molecule has 0 aromatic heterocycles. The van der Waals surface area contributed by atoms with Crippen LogP contribution in [-0.2, 0) is 10.0 Å². The summed E-state index contributed by atoms with van der Waals surface area (Å²) in [5, 5.41) is 13.6. The number of benzene rings is 1. The fraction of sp³-hybridized carbons (Fsp3) is 0.538. The Balaban J connectivity index is 2.04. The number of aliphatic hydroxyl groups is 1. The molecule has 0 aliphatic carbocycles. The molecule has 0 amide bonds. The fourth-order valence-corrected chi connectivity index (χ4v) is 2.95. The van der Waals surface area contributed by atoms with Crippen LogP contribution >= 0.6 is 0 Å². The van der Waals surface area contributed by atoms with E-state index in [1.807, 2.05) is 0 Å². The lowest BCUT2D eigenvalue weighted by Crippen LogP contribution is -2.33. The molecule has 6 heteroatoms. The molecule has 1 saturated heterocycles. The maximum Gasteiger partial charge on any atom is 0.229 e. The number of hydrogen-bond acceptors (Lipinski definition) is 4. The van der Waals surface area contributed by atoms with Gasteiger partial charge in [0.2, 0.25) is 10.0 Å². The second-order valence-electron chi connectivity index (χ2n) is 5.05. The first-order valence-electron chi connectivity index (χ1n) is 6.42. The summed E-state index contributed by atoms with van der Waals surface area (Å²) in [4.78, 5) is 0. The second kappa shape index (κ2) is 5.90. The molecular weight excluding hydrogens is 264 g/mol. The van der Waals surface area contributed by atoms with Crippen LogP contribution < -0.4 is 10.0 Å². The number of piperidine rings is 1. The average Bonchev–Trinajstić information content (AvgIpc) is 2.38. The van der Waals surface area contributed by atoms with Gasteiger partial charge in [0.25, 0.3) is 0 Å². The maximum absolute atomic E-state index is 11.1.